The zero-order valence-corrected chi connectivity index (χ0v) is 11.8. The maximum atomic E-state index is 12.0. The third-order valence-electron chi connectivity index (χ3n) is 2.37. The number of hydrogen-bond donors (Lipinski definition) is 0. The molecule has 0 radical (unpaired) electrons. The third-order valence-corrected chi connectivity index (χ3v) is 3.90. The van der Waals surface area contributed by atoms with Crippen molar-refractivity contribution in [2.24, 2.45) is 0 Å². The molecule has 0 unspecified atom stereocenters. The van der Waals surface area contributed by atoms with E-state index < -0.39 is 5.60 Å². The molecule has 0 saturated carbocycles. The van der Waals surface area contributed by atoms with Crippen LogP contribution in [0.15, 0.2) is 10.5 Å². The first kappa shape index (κ1) is 12.2. The SMILES string of the molecule is CC1(C)CC(=O)c2c(Cl)c(Br)cc(Cl)c2O1. The number of carbonyl (C=O) groups is 1. The quantitative estimate of drug-likeness (QED) is 0.657. The second kappa shape index (κ2) is 3.90. The van der Waals surface area contributed by atoms with E-state index in [2.05, 4.69) is 15.9 Å². The monoisotopic (exact) mass is 322 g/mol. The van der Waals surface area contributed by atoms with Crippen LogP contribution in [0.3, 0.4) is 0 Å². The average molecular weight is 324 g/mol. The predicted molar refractivity (Wildman–Crippen MR) is 67.8 cm³/mol. The number of Topliss-reactive ketones (excluding diaryl/α,β-unsaturated/α-hetero) is 1. The van der Waals surface area contributed by atoms with Crippen LogP contribution in [0.25, 0.3) is 0 Å². The van der Waals surface area contributed by atoms with Gasteiger partial charge in [-0.2, -0.15) is 0 Å². The van der Waals surface area contributed by atoms with Crippen molar-refractivity contribution in [2.75, 3.05) is 0 Å². The third kappa shape index (κ3) is 1.96. The number of rotatable bonds is 0. The van der Waals surface area contributed by atoms with E-state index in [1.54, 1.807) is 6.07 Å². The molecule has 86 valence electrons. The Kier molecular flexibility index (Phi) is 2.97. The van der Waals surface area contributed by atoms with Gasteiger partial charge in [-0.05, 0) is 35.8 Å². The van der Waals surface area contributed by atoms with Crippen LogP contribution in [-0.4, -0.2) is 11.4 Å². The lowest BCUT2D eigenvalue weighted by molar-refractivity contribution is 0.0621. The van der Waals surface area contributed by atoms with E-state index in [0.29, 0.717) is 32.3 Å². The van der Waals surface area contributed by atoms with Gasteiger partial charge in [0.05, 0.1) is 22.0 Å². The minimum atomic E-state index is -0.537. The van der Waals surface area contributed by atoms with Gasteiger partial charge in [-0.15, -0.1) is 0 Å². The highest BCUT2D eigenvalue weighted by Crippen LogP contribution is 2.44. The highest BCUT2D eigenvalue weighted by molar-refractivity contribution is 9.10. The molecule has 0 N–H and O–H groups in total. The maximum Gasteiger partial charge on any atom is 0.172 e. The second-order valence-corrected chi connectivity index (χ2v) is 5.96. The van der Waals surface area contributed by atoms with Gasteiger partial charge in [-0.25, -0.2) is 0 Å². The van der Waals surface area contributed by atoms with Gasteiger partial charge >= 0.3 is 0 Å². The molecule has 2 nitrogen and oxygen atoms in total. The summed E-state index contributed by atoms with van der Waals surface area (Å²) in [6.07, 6.45) is 0.298. The number of ether oxygens (including phenoxy) is 1. The Hall–Kier alpha value is -0.250. The topological polar surface area (TPSA) is 26.3 Å². The smallest absolute Gasteiger partial charge is 0.172 e. The van der Waals surface area contributed by atoms with Crippen molar-refractivity contribution in [1.82, 2.24) is 0 Å². The fourth-order valence-electron chi connectivity index (χ4n) is 1.71. The van der Waals surface area contributed by atoms with E-state index >= 15 is 0 Å². The summed E-state index contributed by atoms with van der Waals surface area (Å²) < 4.78 is 6.30. The van der Waals surface area contributed by atoms with E-state index in [1.165, 1.54) is 0 Å². The van der Waals surface area contributed by atoms with Gasteiger partial charge in [0.25, 0.3) is 0 Å². The van der Waals surface area contributed by atoms with Crippen molar-refractivity contribution in [3.05, 3.63) is 26.1 Å². The molecule has 0 aliphatic carbocycles. The Morgan fingerprint density at radius 1 is 1.44 bits per heavy atom. The number of halogens is 3. The van der Waals surface area contributed by atoms with Crippen molar-refractivity contribution in [3.8, 4) is 5.75 Å². The Balaban J connectivity index is 2.69. The van der Waals surface area contributed by atoms with Crippen LogP contribution in [0, 0.1) is 0 Å². The fraction of sp³-hybridized carbons (Fsp3) is 0.364. The zero-order valence-electron chi connectivity index (χ0n) is 8.73. The molecule has 0 amide bonds. The zero-order chi connectivity index (χ0) is 12.1. The molecule has 5 heteroatoms. The number of ketones is 1. The average Bonchev–Trinajstić information content (AvgIpc) is 2.12. The molecule has 0 spiro atoms. The van der Waals surface area contributed by atoms with Crippen molar-refractivity contribution in [1.29, 1.82) is 0 Å². The van der Waals surface area contributed by atoms with Crippen LogP contribution in [0.1, 0.15) is 30.6 Å². The van der Waals surface area contributed by atoms with Crippen LogP contribution >= 0.6 is 39.1 Å². The fourth-order valence-corrected chi connectivity index (χ4v) is 2.76. The summed E-state index contributed by atoms with van der Waals surface area (Å²) >= 11 is 15.4. The summed E-state index contributed by atoms with van der Waals surface area (Å²) in [6, 6.07) is 1.64. The van der Waals surface area contributed by atoms with E-state index in [1.807, 2.05) is 13.8 Å². The van der Waals surface area contributed by atoms with E-state index in [-0.39, 0.29) is 5.78 Å². The molecule has 1 aromatic rings. The number of benzene rings is 1. The van der Waals surface area contributed by atoms with Crippen LogP contribution in [0.2, 0.25) is 10.0 Å². The molecule has 0 fully saturated rings. The number of hydrogen-bond acceptors (Lipinski definition) is 2. The predicted octanol–water partition coefficient (Wildman–Crippen LogP) is 4.50. The first-order valence-electron chi connectivity index (χ1n) is 4.71. The van der Waals surface area contributed by atoms with Crippen LogP contribution < -0.4 is 4.74 Å². The van der Waals surface area contributed by atoms with Crippen molar-refractivity contribution in [2.45, 2.75) is 25.9 Å². The first-order valence-corrected chi connectivity index (χ1v) is 6.26. The molecule has 1 aliphatic rings. The molecule has 1 heterocycles. The standard InChI is InChI=1S/C11H9BrCl2O2/c1-11(2)4-7(15)8-9(14)5(12)3-6(13)10(8)16-11/h3H,4H2,1-2H3. The molecule has 0 bridgehead atoms. The van der Waals surface area contributed by atoms with Crippen LogP contribution in [0.5, 0.6) is 5.75 Å². The summed E-state index contributed by atoms with van der Waals surface area (Å²) in [6.45, 7) is 3.69. The molecule has 2 rings (SSSR count). The normalized spacial score (nSPS) is 17.9. The highest BCUT2D eigenvalue weighted by Gasteiger charge is 2.36. The second-order valence-electron chi connectivity index (χ2n) is 4.32. The summed E-state index contributed by atoms with van der Waals surface area (Å²) in [4.78, 5) is 12.0. The molecule has 1 aromatic carbocycles. The molecule has 0 atom stereocenters. The molecule has 0 saturated heterocycles. The first-order chi connectivity index (χ1) is 7.32. The van der Waals surface area contributed by atoms with E-state index in [4.69, 9.17) is 27.9 Å². The summed E-state index contributed by atoms with van der Waals surface area (Å²) in [5.41, 5.74) is -0.161. The van der Waals surface area contributed by atoms with E-state index in [9.17, 15) is 4.79 Å². The van der Waals surface area contributed by atoms with Gasteiger partial charge in [0, 0.05) is 4.47 Å². The van der Waals surface area contributed by atoms with Crippen LogP contribution in [0.4, 0.5) is 0 Å². The Morgan fingerprint density at radius 3 is 2.69 bits per heavy atom. The number of carbonyl (C=O) groups excluding carboxylic acids is 1. The Morgan fingerprint density at radius 2 is 2.06 bits per heavy atom. The Bertz CT molecular complexity index is 483. The molecule has 16 heavy (non-hydrogen) atoms. The summed E-state index contributed by atoms with van der Waals surface area (Å²) in [5.74, 6) is 0.343. The van der Waals surface area contributed by atoms with Crippen molar-refractivity contribution >= 4 is 44.9 Å². The molecule has 1 aliphatic heterocycles. The van der Waals surface area contributed by atoms with Gasteiger partial charge in [-0.1, -0.05) is 23.2 Å². The van der Waals surface area contributed by atoms with E-state index in [0.717, 1.165) is 0 Å². The molecular formula is C11H9BrCl2O2. The molecule has 0 aromatic heterocycles. The lowest BCUT2D eigenvalue weighted by Gasteiger charge is -2.32. The lowest BCUT2D eigenvalue weighted by Crippen LogP contribution is -2.36. The number of fused-ring (bicyclic) bond motifs is 1. The lowest BCUT2D eigenvalue weighted by atomic mass is 9.93. The largest absolute Gasteiger partial charge is 0.485 e. The minimum absolute atomic E-state index is 0.0422. The van der Waals surface area contributed by atoms with Gasteiger partial charge in [0.1, 0.15) is 5.60 Å². The van der Waals surface area contributed by atoms with Gasteiger partial charge in [0.15, 0.2) is 11.5 Å². The van der Waals surface area contributed by atoms with Gasteiger partial charge in [-0.3, -0.25) is 4.79 Å². The summed E-state index contributed by atoms with van der Waals surface area (Å²) in [5, 5.41) is 0.757. The van der Waals surface area contributed by atoms with Crippen molar-refractivity contribution < 1.29 is 9.53 Å². The van der Waals surface area contributed by atoms with Crippen molar-refractivity contribution in [3.63, 3.8) is 0 Å². The highest BCUT2D eigenvalue weighted by atomic mass is 79.9. The van der Waals surface area contributed by atoms with Crippen LogP contribution in [-0.2, 0) is 0 Å². The van der Waals surface area contributed by atoms with Gasteiger partial charge < -0.3 is 4.74 Å². The molecular weight excluding hydrogens is 315 g/mol. The minimum Gasteiger partial charge on any atom is -0.485 e. The Labute approximate surface area is 112 Å². The maximum absolute atomic E-state index is 12.0. The summed E-state index contributed by atoms with van der Waals surface area (Å²) in [7, 11) is 0. The van der Waals surface area contributed by atoms with Gasteiger partial charge in [0.2, 0.25) is 0 Å².